The number of aliphatic hydroxyl groups is 1. The number of imidazole rings is 1. The number of aromatic nitrogens is 2. The first kappa shape index (κ1) is 31.4. The molecule has 1 aromatic heterocycles. The van der Waals surface area contributed by atoms with Crippen molar-refractivity contribution in [2.45, 2.75) is 102 Å². The highest BCUT2D eigenvalue weighted by molar-refractivity contribution is 6.76. The van der Waals surface area contributed by atoms with Crippen molar-refractivity contribution in [1.29, 1.82) is 0 Å². The van der Waals surface area contributed by atoms with Crippen LogP contribution < -0.4 is 0 Å². The summed E-state index contributed by atoms with van der Waals surface area (Å²) >= 11 is 0. The quantitative estimate of drug-likeness (QED) is 0.144. The number of benzene rings is 2. The number of rotatable bonds is 15. The Bertz CT molecular complexity index is 1160. The predicted octanol–water partition coefficient (Wildman–Crippen LogP) is 8.92. The van der Waals surface area contributed by atoms with Gasteiger partial charge in [0.05, 0.1) is 17.6 Å². The Hall–Kier alpha value is -2.16. The third kappa shape index (κ3) is 8.66. The van der Waals surface area contributed by atoms with E-state index in [4.69, 9.17) is 4.74 Å². The molecule has 0 amide bonds. The number of ether oxygens (including phenoxy) is 1. The number of nitrogens with zero attached hydrogens (tertiary/aromatic N) is 1. The minimum absolute atomic E-state index is 0.00933. The van der Waals surface area contributed by atoms with Crippen molar-refractivity contribution in [2.24, 2.45) is 0 Å². The Morgan fingerprint density at radius 3 is 2.26 bits per heavy atom. The zero-order chi connectivity index (χ0) is 28.7. The van der Waals surface area contributed by atoms with Crippen molar-refractivity contribution < 1.29 is 23.0 Å². The molecule has 4 nitrogen and oxygen atoms in total. The van der Waals surface area contributed by atoms with Gasteiger partial charge in [-0.15, -0.1) is 0 Å². The number of H-pyrrole nitrogens is 1. The van der Waals surface area contributed by atoms with E-state index in [-0.39, 0.29) is 5.92 Å². The third-order valence-electron chi connectivity index (χ3n) is 7.59. The van der Waals surface area contributed by atoms with E-state index >= 15 is 0 Å². The normalized spacial score (nSPS) is 15.8. The van der Waals surface area contributed by atoms with Gasteiger partial charge < -0.3 is 14.8 Å². The van der Waals surface area contributed by atoms with E-state index in [0.717, 1.165) is 50.6 Å². The van der Waals surface area contributed by atoms with Crippen LogP contribution in [0.3, 0.4) is 0 Å². The van der Waals surface area contributed by atoms with Gasteiger partial charge in [0.25, 0.3) is 0 Å². The maximum atomic E-state index is 13.6. The Balaban J connectivity index is 1.84. The number of alkyl halides is 3. The van der Waals surface area contributed by atoms with Gasteiger partial charge in [0.1, 0.15) is 5.82 Å². The van der Waals surface area contributed by atoms with Crippen molar-refractivity contribution >= 4 is 19.1 Å². The SMILES string of the molecule is CCCCC(CCCC(COCC[Si](C)(C)C)c1cccc2[nH]c(C(C)(O)C(F)(F)F)nc12)c1ccccc1. The zero-order valence-electron chi connectivity index (χ0n) is 24.1. The summed E-state index contributed by atoms with van der Waals surface area (Å²) in [6, 6.07) is 17.2. The van der Waals surface area contributed by atoms with Crippen molar-refractivity contribution in [3.05, 3.63) is 65.5 Å². The second kappa shape index (κ2) is 13.5. The molecule has 0 aliphatic heterocycles. The molecule has 8 heteroatoms. The first-order valence-corrected chi connectivity index (χ1v) is 17.9. The number of fused-ring (bicyclic) bond motifs is 1. The van der Waals surface area contributed by atoms with E-state index in [1.165, 1.54) is 12.0 Å². The molecule has 0 aliphatic carbocycles. The predicted molar refractivity (Wildman–Crippen MR) is 156 cm³/mol. The van der Waals surface area contributed by atoms with Crippen LogP contribution in [-0.4, -0.2) is 42.5 Å². The van der Waals surface area contributed by atoms with E-state index in [0.29, 0.717) is 30.2 Å². The molecule has 3 aromatic rings. The molecular formula is C31H45F3N2O2Si. The van der Waals surface area contributed by atoms with Gasteiger partial charge in [-0.05, 0) is 55.3 Å². The highest BCUT2D eigenvalue weighted by atomic mass is 28.3. The summed E-state index contributed by atoms with van der Waals surface area (Å²) in [4.78, 5) is 7.02. The molecule has 216 valence electrons. The van der Waals surface area contributed by atoms with Crippen LogP contribution >= 0.6 is 0 Å². The van der Waals surface area contributed by atoms with Gasteiger partial charge in [0, 0.05) is 20.6 Å². The molecule has 2 aromatic carbocycles. The minimum Gasteiger partial charge on any atom is -0.381 e. The molecule has 2 N–H and O–H groups in total. The van der Waals surface area contributed by atoms with Gasteiger partial charge in [-0.3, -0.25) is 0 Å². The molecule has 0 spiro atoms. The van der Waals surface area contributed by atoms with Crippen molar-refractivity contribution in [3.8, 4) is 0 Å². The second-order valence-corrected chi connectivity index (χ2v) is 17.8. The molecule has 0 bridgehead atoms. The average Bonchev–Trinajstić information content (AvgIpc) is 3.32. The minimum atomic E-state index is -4.84. The van der Waals surface area contributed by atoms with Crippen LogP contribution in [0.4, 0.5) is 13.2 Å². The van der Waals surface area contributed by atoms with Crippen LogP contribution in [0.15, 0.2) is 48.5 Å². The Kier molecular flexibility index (Phi) is 10.8. The van der Waals surface area contributed by atoms with Crippen LogP contribution in [0, 0.1) is 0 Å². The number of hydrogen-bond acceptors (Lipinski definition) is 3. The smallest absolute Gasteiger partial charge is 0.381 e. The second-order valence-electron chi connectivity index (χ2n) is 12.2. The molecule has 3 atom stereocenters. The molecule has 0 fully saturated rings. The number of unbranched alkanes of at least 4 members (excludes halogenated alkanes) is 1. The summed E-state index contributed by atoms with van der Waals surface area (Å²) < 4.78 is 46.8. The van der Waals surface area contributed by atoms with E-state index in [2.05, 4.69) is 60.8 Å². The van der Waals surface area contributed by atoms with Crippen molar-refractivity contribution in [2.75, 3.05) is 13.2 Å². The molecule has 3 unspecified atom stereocenters. The average molecular weight is 563 g/mol. The molecular weight excluding hydrogens is 517 g/mol. The number of para-hydroxylation sites is 1. The largest absolute Gasteiger partial charge is 0.424 e. The maximum Gasteiger partial charge on any atom is 0.424 e. The lowest BCUT2D eigenvalue weighted by Crippen LogP contribution is -2.40. The van der Waals surface area contributed by atoms with Gasteiger partial charge in [0.2, 0.25) is 5.60 Å². The van der Waals surface area contributed by atoms with Crippen LogP contribution in [0.25, 0.3) is 11.0 Å². The molecule has 0 radical (unpaired) electrons. The number of nitrogens with one attached hydrogen (secondary N) is 1. The van der Waals surface area contributed by atoms with Crippen LogP contribution in [-0.2, 0) is 10.3 Å². The lowest BCUT2D eigenvalue weighted by Gasteiger charge is -2.23. The maximum absolute atomic E-state index is 13.6. The van der Waals surface area contributed by atoms with Gasteiger partial charge in [0.15, 0.2) is 0 Å². The van der Waals surface area contributed by atoms with Crippen molar-refractivity contribution in [3.63, 3.8) is 0 Å². The summed E-state index contributed by atoms with van der Waals surface area (Å²) in [7, 11) is -1.26. The van der Waals surface area contributed by atoms with E-state index in [1.807, 2.05) is 18.2 Å². The first-order chi connectivity index (χ1) is 18.3. The molecule has 0 saturated carbocycles. The summed E-state index contributed by atoms with van der Waals surface area (Å²) in [5.41, 5.74) is 0.133. The van der Waals surface area contributed by atoms with Gasteiger partial charge in [-0.1, -0.05) is 88.3 Å². The van der Waals surface area contributed by atoms with Crippen LogP contribution in [0.2, 0.25) is 25.7 Å². The highest BCUT2D eigenvalue weighted by Crippen LogP contribution is 2.39. The fraction of sp³-hybridized carbons (Fsp3) is 0.581. The molecule has 0 aliphatic rings. The summed E-state index contributed by atoms with van der Waals surface area (Å²) in [6.45, 7) is 11.1. The van der Waals surface area contributed by atoms with Gasteiger partial charge in [-0.2, -0.15) is 13.2 Å². The highest BCUT2D eigenvalue weighted by Gasteiger charge is 2.53. The molecule has 39 heavy (non-hydrogen) atoms. The fourth-order valence-electron chi connectivity index (χ4n) is 4.95. The van der Waals surface area contributed by atoms with E-state index < -0.39 is 25.7 Å². The van der Waals surface area contributed by atoms with Crippen molar-refractivity contribution in [1.82, 2.24) is 9.97 Å². The zero-order valence-corrected chi connectivity index (χ0v) is 25.1. The Labute approximate surface area is 232 Å². The first-order valence-electron chi connectivity index (χ1n) is 14.2. The monoisotopic (exact) mass is 562 g/mol. The van der Waals surface area contributed by atoms with Crippen LogP contribution in [0.5, 0.6) is 0 Å². The lowest BCUT2D eigenvalue weighted by atomic mass is 9.86. The summed E-state index contributed by atoms with van der Waals surface area (Å²) in [5, 5.41) is 10.2. The Morgan fingerprint density at radius 2 is 1.62 bits per heavy atom. The number of halogens is 3. The topological polar surface area (TPSA) is 58.1 Å². The summed E-state index contributed by atoms with van der Waals surface area (Å²) in [6.07, 6.45) is 1.49. The third-order valence-corrected chi connectivity index (χ3v) is 9.30. The van der Waals surface area contributed by atoms with Crippen LogP contribution in [0.1, 0.15) is 81.2 Å². The molecule has 3 rings (SSSR count). The van der Waals surface area contributed by atoms with Gasteiger partial charge >= 0.3 is 6.18 Å². The molecule has 0 saturated heterocycles. The van der Waals surface area contributed by atoms with E-state index in [9.17, 15) is 18.3 Å². The number of hydrogen-bond donors (Lipinski definition) is 2. The molecule has 1 heterocycles. The van der Waals surface area contributed by atoms with E-state index in [1.54, 1.807) is 6.07 Å². The summed E-state index contributed by atoms with van der Waals surface area (Å²) in [5.74, 6) is -0.0150. The number of aromatic amines is 1. The fourth-order valence-corrected chi connectivity index (χ4v) is 5.70. The van der Waals surface area contributed by atoms with Gasteiger partial charge in [-0.25, -0.2) is 4.98 Å². The Morgan fingerprint density at radius 1 is 0.949 bits per heavy atom. The standard InChI is InChI=1S/C31H45F3N2O2Si/c1-6-7-13-23(24-14-9-8-10-15-24)16-11-17-25(22-38-20-21-39(3,4)5)26-18-12-19-27-28(26)36-29(35-27)30(2,37)31(32,33)34/h8-10,12,14-15,18-19,23,25,37H,6-7,11,13,16-17,20-22H2,1-5H3,(H,35,36). The lowest BCUT2D eigenvalue weighted by molar-refractivity contribution is -0.261.